The van der Waals surface area contributed by atoms with Crippen LogP contribution in [0.5, 0.6) is 0 Å². The molecule has 1 amide bonds. The van der Waals surface area contributed by atoms with Gasteiger partial charge >= 0.3 is 12.1 Å². The Morgan fingerprint density at radius 2 is 2.10 bits per heavy atom. The molecule has 0 spiro atoms. The van der Waals surface area contributed by atoms with E-state index in [-0.39, 0.29) is 12.1 Å². The summed E-state index contributed by atoms with van der Waals surface area (Å²) >= 11 is 0. The summed E-state index contributed by atoms with van der Waals surface area (Å²) in [7, 11) is 1.35. The van der Waals surface area contributed by atoms with Crippen LogP contribution in [-0.4, -0.2) is 31.8 Å². The van der Waals surface area contributed by atoms with Crippen molar-refractivity contribution in [2.45, 2.75) is 39.2 Å². The SMILES string of the molecule is CCOC(=O)N1c2cc(C(=O)OC)ccc2CCC1CC. The lowest BCUT2D eigenvalue weighted by atomic mass is 9.93. The lowest BCUT2D eigenvalue weighted by Crippen LogP contribution is -2.44. The highest BCUT2D eigenvalue weighted by molar-refractivity contribution is 5.95. The van der Waals surface area contributed by atoms with Crippen LogP contribution < -0.4 is 4.90 Å². The Hall–Kier alpha value is -2.04. The quantitative estimate of drug-likeness (QED) is 0.803. The Balaban J connectivity index is 2.44. The molecule has 1 aliphatic heterocycles. The molecule has 1 aromatic rings. The number of methoxy groups -OCH3 is 1. The number of rotatable bonds is 3. The average molecular weight is 291 g/mol. The second-order valence-corrected chi connectivity index (χ2v) is 5.00. The number of anilines is 1. The molecule has 21 heavy (non-hydrogen) atoms. The number of hydrogen-bond donors (Lipinski definition) is 0. The van der Waals surface area contributed by atoms with Crippen molar-refractivity contribution < 1.29 is 19.1 Å². The van der Waals surface area contributed by atoms with Gasteiger partial charge in [-0.2, -0.15) is 0 Å². The van der Waals surface area contributed by atoms with Gasteiger partial charge < -0.3 is 9.47 Å². The summed E-state index contributed by atoms with van der Waals surface area (Å²) in [6.45, 7) is 4.17. The number of hydrogen-bond acceptors (Lipinski definition) is 4. The maximum atomic E-state index is 12.3. The summed E-state index contributed by atoms with van der Waals surface area (Å²) in [6.07, 6.45) is 2.29. The molecule has 0 saturated heterocycles. The zero-order valence-electron chi connectivity index (χ0n) is 12.7. The highest BCUT2D eigenvalue weighted by Gasteiger charge is 2.31. The van der Waals surface area contributed by atoms with Crippen LogP contribution in [0.25, 0.3) is 0 Å². The van der Waals surface area contributed by atoms with Gasteiger partial charge in [-0.1, -0.05) is 13.0 Å². The van der Waals surface area contributed by atoms with Gasteiger partial charge in [-0.3, -0.25) is 4.90 Å². The third-order valence-corrected chi connectivity index (χ3v) is 3.81. The molecule has 0 aromatic heterocycles. The number of carbonyl (C=O) groups excluding carboxylic acids is 2. The van der Waals surface area contributed by atoms with E-state index in [2.05, 4.69) is 0 Å². The summed E-state index contributed by atoms with van der Waals surface area (Å²) in [5, 5.41) is 0. The number of esters is 1. The molecule has 0 aliphatic carbocycles. The zero-order valence-corrected chi connectivity index (χ0v) is 12.7. The highest BCUT2D eigenvalue weighted by Crippen LogP contribution is 2.33. The number of aryl methyl sites for hydroxylation is 1. The van der Waals surface area contributed by atoms with Gasteiger partial charge in [-0.05, 0) is 43.9 Å². The third kappa shape index (κ3) is 3.01. The molecular formula is C16H21NO4. The van der Waals surface area contributed by atoms with E-state index in [0.717, 1.165) is 30.5 Å². The molecule has 0 bridgehead atoms. The van der Waals surface area contributed by atoms with Crippen LogP contribution >= 0.6 is 0 Å². The monoisotopic (exact) mass is 291 g/mol. The van der Waals surface area contributed by atoms with Crippen molar-refractivity contribution in [3.8, 4) is 0 Å². The topological polar surface area (TPSA) is 55.8 Å². The van der Waals surface area contributed by atoms with E-state index >= 15 is 0 Å². The van der Waals surface area contributed by atoms with Gasteiger partial charge in [-0.25, -0.2) is 9.59 Å². The number of nitrogens with zero attached hydrogens (tertiary/aromatic N) is 1. The predicted molar refractivity (Wildman–Crippen MR) is 79.7 cm³/mol. The van der Waals surface area contributed by atoms with Crippen molar-refractivity contribution in [2.75, 3.05) is 18.6 Å². The number of amides is 1. The van der Waals surface area contributed by atoms with Gasteiger partial charge in [-0.15, -0.1) is 0 Å². The molecule has 5 nitrogen and oxygen atoms in total. The van der Waals surface area contributed by atoms with E-state index in [1.54, 1.807) is 24.0 Å². The lowest BCUT2D eigenvalue weighted by molar-refractivity contribution is 0.0600. The maximum absolute atomic E-state index is 12.3. The second-order valence-electron chi connectivity index (χ2n) is 5.00. The molecule has 1 atom stereocenters. The van der Waals surface area contributed by atoms with Gasteiger partial charge in [0, 0.05) is 6.04 Å². The normalized spacial score (nSPS) is 17.1. The molecule has 1 unspecified atom stereocenters. The molecule has 1 heterocycles. The third-order valence-electron chi connectivity index (χ3n) is 3.81. The summed E-state index contributed by atoms with van der Waals surface area (Å²) in [5.41, 5.74) is 2.26. The molecule has 2 rings (SSSR count). The fourth-order valence-corrected chi connectivity index (χ4v) is 2.72. The Labute approximate surface area is 124 Å². The van der Waals surface area contributed by atoms with E-state index in [4.69, 9.17) is 9.47 Å². The van der Waals surface area contributed by atoms with E-state index in [1.165, 1.54) is 7.11 Å². The van der Waals surface area contributed by atoms with E-state index < -0.39 is 5.97 Å². The standard InChI is InChI=1S/C16H21NO4/c1-4-13-9-8-11-6-7-12(15(18)20-3)10-14(11)17(13)16(19)21-5-2/h6-7,10,13H,4-5,8-9H2,1-3H3. The zero-order chi connectivity index (χ0) is 15.4. The first-order chi connectivity index (χ1) is 10.1. The first kappa shape index (κ1) is 15.4. The summed E-state index contributed by atoms with van der Waals surface area (Å²) in [5.74, 6) is -0.403. The Kier molecular flexibility index (Phi) is 4.83. The first-order valence-corrected chi connectivity index (χ1v) is 7.29. The largest absolute Gasteiger partial charge is 0.465 e. The van der Waals surface area contributed by atoms with Crippen molar-refractivity contribution in [3.63, 3.8) is 0 Å². The fourth-order valence-electron chi connectivity index (χ4n) is 2.72. The molecule has 0 saturated carbocycles. The predicted octanol–water partition coefficient (Wildman–Crippen LogP) is 3.16. The molecule has 1 aromatic carbocycles. The number of benzene rings is 1. The Morgan fingerprint density at radius 3 is 2.71 bits per heavy atom. The summed E-state index contributed by atoms with van der Waals surface area (Å²) in [6, 6.07) is 5.45. The Bertz CT molecular complexity index is 541. The van der Waals surface area contributed by atoms with Gasteiger partial charge in [0.1, 0.15) is 0 Å². The lowest BCUT2D eigenvalue weighted by Gasteiger charge is -2.36. The molecule has 0 radical (unpaired) electrons. The maximum Gasteiger partial charge on any atom is 0.414 e. The van der Waals surface area contributed by atoms with Gasteiger partial charge in [0.25, 0.3) is 0 Å². The van der Waals surface area contributed by atoms with Crippen molar-refractivity contribution in [1.82, 2.24) is 0 Å². The van der Waals surface area contributed by atoms with Crippen LogP contribution in [-0.2, 0) is 15.9 Å². The smallest absolute Gasteiger partial charge is 0.414 e. The van der Waals surface area contributed by atoms with Crippen molar-refractivity contribution >= 4 is 17.7 Å². The summed E-state index contributed by atoms with van der Waals surface area (Å²) < 4.78 is 9.92. The second kappa shape index (κ2) is 6.61. The van der Waals surface area contributed by atoms with Crippen molar-refractivity contribution in [3.05, 3.63) is 29.3 Å². The average Bonchev–Trinajstić information content (AvgIpc) is 2.52. The van der Waals surface area contributed by atoms with Crippen LogP contribution in [0.1, 0.15) is 42.6 Å². The molecule has 0 N–H and O–H groups in total. The van der Waals surface area contributed by atoms with E-state index in [1.807, 2.05) is 13.0 Å². The minimum Gasteiger partial charge on any atom is -0.465 e. The molecule has 1 aliphatic rings. The van der Waals surface area contributed by atoms with Gasteiger partial charge in [0.2, 0.25) is 0 Å². The summed E-state index contributed by atoms with van der Waals surface area (Å²) in [4.78, 5) is 25.6. The van der Waals surface area contributed by atoms with Crippen LogP contribution in [0.2, 0.25) is 0 Å². The molecule has 5 heteroatoms. The van der Waals surface area contributed by atoms with E-state index in [9.17, 15) is 9.59 Å². The van der Waals surface area contributed by atoms with Crippen LogP contribution in [0.15, 0.2) is 18.2 Å². The minimum absolute atomic E-state index is 0.101. The van der Waals surface area contributed by atoms with Crippen molar-refractivity contribution in [2.24, 2.45) is 0 Å². The van der Waals surface area contributed by atoms with Crippen LogP contribution in [0.3, 0.4) is 0 Å². The fraction of sp³-hybridized carbons (Fsp3) is 0.500. The Morgan fingerprint density at radius 1 is 1.33 bits per heavy atom. The van der Waals surface area contributed by atoms with Crippen LogP contribution in [0, 0.1) is 0 Å². The first-order valence-electron chi connectivity index (χ1n) is 7.29. The molecular weight excluding hydrogens is 270 g/mol. The van der Waals surface area contributed by atoms with Gasteiger partial charge in [0.05, 0.1) is 25.0 Å². The number of fused-ring (bicyclic) bond motifs is 1. The number of ether oxygens (including phenoxy) is 2. The number of carbonyl (C=O) groups is 2. The minimum atomic E-state index is -0.403. The van der Waals surface area contributed by atoms with Crippen LogP contribution in [0.4, 0.5) is 10.5 Å². The van der Waals surface area contributed by atoms with Crippen molar-refractivity contribution in [1.29, 1.82) is 0 Å². The molecule has 0 fully saturated rings. The molecule has 114 valence electrons. The highest BCUT2D eigenvalue weighted by atomic mass is 16.6. The van der Waals surface area contributed by atoms with Gasteiger partial charge in [0.15, 0.2) is 0 Å². The van der Waals surface area contributed by atoms with E-state index in [0.29, 0.717) is 12.2 Å².